The smallest absolute Gasteiger partial charge is 0.350 e. The van der Waals surface area contributed by atoms with Gasteiger partial charge in [0.2, 0.25) is 0 Å². The summed E-state index contributed by atoms with van der Waals surface area (Å²) in [5.74, 6) is 0.483. The number of amides is 1. The number of nitrogens with one attached hydrogen (secondary N) is 2. The lowest BCUT2D eigenvalue weighted by molar-refractivity contribution is -0.222. The SMILES string of the molecule is C=c1cc(C)c(C(=O)NCCOC(C)(F)F)c/c1=C/CCC.NCC1CNC1. The van der Waals surface area contributed by atoms with Crippen molar-refractivity contribution in [3.63, 3.8) is 0 Å². The Labute approximate surface area is 166 Å². The third kappa shape index (κ3) is 8.91. The molecule has 0 radical (unpaired) electrons. The molecule has 1 aromatic carbocycles. The van der Waals surface area contributed by atoms with E-state index in [9.17, 15) is 13.6 Å². The molecular weight excluding hydrogens is 364 g/mol. The number of carbonyl (C=O) groups excluding carboxylic acids is 1. The van der Waals surface area contributed by atoms with Gasteiger partial charge in [-0.3, -0.25) is 4.79 Å². The Morgan fingerprint density at radius 2 is 2.14 bits per heavy atom. The molecule has 0 aromatic heterocycles. The Morgan fingerprint density at radius 1 is 1.46 bits per heavy atom. The number of hydrogen-bond donors (Lipinski definition) is 3. The van der Waals surface area contributed by atoms with Crippen molar-refractivity contribution in [2.75, 3.05) is 32.8 Å². The molecule has 0 spiro atoms. The van der Waals surface area contributed by atoms with Gasteiger partial charge >= 0.3 is 6.11 Å². The summed E-state index contributed by atoms with van der Waals surface area (Å²) in [6.07, 6.45) is 0.779. The van der Waals surface area contributed by atoms with Crippen LogP contribution in [0.15, 0.2) is 12.1 Å². The number of rotatable bonds is 8. The maximum atomic E-state index is 12.5. The molecule has 1 aliphatic rings. The van der Waals surface area contributed by atoms with Gasteiger partial charge in [-0.1, -0.05) is 32.1 Å². The van der Waals surface area contributed by atoms with Gasteiger partial charge in [0.15, 0.2) is 0 Å². The van der Waals surface area contributed by atoms with Crippen molar-refractivity contribution in [1.82, 2.24) is 10.6 Å². The molecule has 1 fully saturated rings. The zero-order chi connectivity index (χ0) is 21.2. The topological polar surface area (TPSA) is 76.4 Å². The monoisotopic (exact) mass is 397 g/mol. The van der Waals surface area contributed by atoms with E-state index in [1.807, 2.05) is 19.1 Å². The summed E-state index contributed by atoms with van der Waals surface area (Å²) in [5, 5.41) is 7.51. The van der Waals surface area contributed by atoms with Gasteiger partial charge in [0.05, 0.1) is 6.61 Å². The molecule has 1 aliphatic heterocycles. The average Bonchev–Trinajstić information content (AvgIpc) is 2.56. The van der Waals surface area contributed by atoms with Crippen LogP contribution >= 0.6 is 0 Å². The molecular formula is C21H33F2N3O2. The van der Waals surface area contributed by atoms with Gasteiger partial charge in [-0.25, -0.2) is 0 Å². The van der Waals surface area contributed by atoms with Crippen molar-refractivity contribution < 1.29 is 18.3 Å². The number of hydrogen-bond acceptors (Lipinski definition) is 4. The molecule has 7 heteroatoms. The molecule has 158 valence electrons. The predicted octanol–water partition coefficient (Wildman–Crippen LogP) is 1.51. The molecule has 2 rings (SSSR count). The summed E-state index contributed by atoms with van der Waals surface area (Å²) in [6, 6.07) is 3.64. The third-order valence-corrected chi connectivity index (χ3v) is 4.33. The Balaban J connectivity index is 0.000000552. The highest BCUT2D eigenvalue weighted by Gasteiger charge is 2.21. The number of alkyl halides is 2. The zero-order valence-electron chi connectivity index (χ0n) is 17.1. The van der Waals surface area contributed by atoms with Crippen LogP contribution in [0.25, 0.3) is 12.7 Å². The first-order valence-corrected chi connectivity index (χ1v) is 9.68. The zero-order valence-corrected chi connectivity index (χ0v) is 17.1. The van der Waals surface area contributed by atoms with Crippen LogP contribution in [0.2, 0.25) is 0 Å². The fourth-order valence-corrected chi connectivity index (χ4v) is 2.52. The van der Waals surface area contributed by atoms with Crippen LogP contribution in [0.3, 0.4) is 0 Å². The number of aryl methyl sites for hydroxylation is 1. The Bertz CT molecular complexity index is 726. The lowest BCUT2D eigenvalue weighted by Gasteiger charge is -2.24. The van der Waals surface area contributed by atoms with Crippen molar-refractivity contribution in [2.24, 2.45) is 11.7 Å². The molecule has 28 heavy (non-hydrogen) atoms. The van der Waals surface area contributed by atoms with E-state index in [0.717, 1.165) is 54.4 Å². The molecule has 5 nitrogen and oxygen atoms in total. The molecule has 0 unspecified atom stereocenters. The van der Waals surface area contributed by atoms with Gasteiger partial charge in [0, 0.05) is 32.1 Å². The summed E-state index contributed by atoms with van der Waals surface area (Å²) in [4.78, 5) is 12.1. The largest absolute Gasteiger partial charge is 0.352 e. The minimum Gasteiger partial charge on any atom is -0.350 e. The highest BCUT2D eigenvalue weighted by atomic mass is 19.3. The third-order valence-electron chi connectivity index (χ3n) is 4.33. The van der Waals surface area contributed by atoms with Crippen molar-refractivity contribution >= 4 is 18.6 Å². The molecule has 1 amide bonds. The standard InChI is InChI=1S/C17H23F2NO2.C4H10N2/c1-5-6-7-14-11-15(13(3)10-12(14)2)16(21)20-8-9-22-17(4,18)19;5-1-4-2-6-3-4/h7,10-11H,2,5-6,8-9H2,1,3-4H3,(H,20,21);4,6H,1-3,5H2/b14-7-;. The maximum Gasteiger partial charge on any atom is 0.352 e. The van der Waals surface area contributed by atoms with Crippen LogP contribution in [-0.2, 0) is 4.74 Å². The minimum atomic E-state index is -3.18. The molecule has 1 saturated heterocycles. The Kier molecular flexibility index (Phi) is 10.3. The van der Waals surface area contributed by atoms with Gasteiger partial charge < -0.3 is 21.1 Å². The first-order chi connectivity index (χ1) is 13.2. The average molecular weight is 398 g/mol. The van der Waals surface area contributed by atoms with Gasteiger partial charge in [0.25, 0.3) is 5.91 Å². The van der Waals surface area contributed by atoms with Crippen LogP contribution in [-0.4, -0.2) is 44.8 Å². The van der Waals surface area contributed by atoms with Crippen LogP contribution < -0.4 is 26.8 Å². The van der Waals surface area contributed by atoms with Crippen molar-refractivity contribution in [1.29, 1.82) is 0 Å². The van der Waals surface area contributed by atoms with E-state index in [2.05, 4.69) is 28.9 Å². The summed E-state index contributed by atoms with van der Waals surface area (Å²) < 4.78 is 29.3. The van der Waals surface area contributed by atoms with E-state index in [0.29, 0.717) is 12.5 Å². The van der Waals surface area contributed by atoms with E-state index in [-0.39, 0.29) is 19.1 Å². The molecule has 0 saturated carbocycles. The lowest BCUT2D eigenvalue weighted by Crippen LogP contribution is -2.45. The summed E-state index contributed by atoms with van der Waals surface area (Å²) in [6.45, 7) is 11.5. The van der Waals surface area contributed by atoms with Crippen LogP contribution in [0.4, 0.5) is 8.78 Å². The number of carbonyl (C=O) groups is 1. The van der Waals surface area contributed by atoms with Crippen molar-refractivity contribution in [3.05, 3.63) is 33.7 Å². The van der Waals surface area contributed by atoms with Crippen molar-refractivity contribution in [3.8, 4) is 0 Å². The fraction of sp³-hybridized carbons (Fsp3) is 0.571. The summed E-state index contributed by atoms with van der Waals surface area (Å²) in [7, 11) is 0. The lowest BCUT2D eigenvalue weighted by atomic mass is 10.0. The van der Waals surface area contributed by atoms with Gasteiger partial charge in [0.1, 0.15) is 0 Å². The van der Waals surface area contributed by atoms with Gasteiger partial charge in [-0.05, 0) is 47.9 Å². The van der Waals surface area contributed by atoms with E-state index < -0.39 is 6.11 Å². The maximum absolute atomic E-state index is 12.5. The highest BCUT2D eigenvalue weighted by molar-refractivity contribution is 5.95. The van der Waals surface area contributed by atoms with Crippen molar-refractivity contribution in [2.45, 2.75) is 39.7 Å². The van der Waals surface area contributed by atoms with E-state index >= 15 is 0 Å². The quantitative estimate of drug-likeness (QED) is 0.581. The first kappa shape index (κ1) is 24.2. The Morgan fingerprint density at radius 3 is 2.61 bits per heavy atom. The van der Waals surface area contributed by atoms with Gasteiger partial charge in [-0.2, -0.15) is 8.78 Å². The van der Waals surface area contributed by atoms with Crippen LogP contribution in [0.1, 0.15) is 42.6 Å². The molecule has 1 heterocycles. The number of unbranched alkanes of at least 4 members (excludes halogenated alkanes) is 1. The first-order valence-electron chi connectivity index (χ1n) is 9.68. The van der Waals surface area contributed by atoms with Gasteiger partial charge in [-0.15, -0.1) is 0 Å². The summed E-state index contributed by atoms with van der Waals surface area (Å²) >= 11 is 0. The van der Waals surface area contributed by atoms with E-state index in [1.165, 1.54) is 0 Å². The molecule has 0 atom stereocenters. The second-order valence-corrected chi connectivity index (χ2v) is 7.03. The molecule has 4 N–H and O–H groups in total. The second-order valence-electron chi connectivity index (χ2n) is 7.03. The number of nitrogens with two attached hydrogens (primary N) is 1. The molecule has 0 aliphatic carbocycles. The number of halogens is 2. The molecule has 0 bridgehead atoms. The minimum absolute atomic E-state index is 0.0296. The molecule has 1 aromatic rings. The predicted molar refractivity (Wildman–Crippen MR) is 110 cm³/mol. The van der Waals surface area contributed by atoms with Crippen LogP contribution in [0.5, 0.6) is 0 Å². The number of ether oxygens (including phenoxy) is 1. The normalized spacial score (nSPS) is 14.9. The fourth-order valence-electron chi connectivity index (χ4n) is 2.52. The summed E-state index contributed by atoms with van der Waals surface area (Å²) in [5.41, 5.74) is 6.62. The highest BCUT2D eigenvalue weighted by Crippen LogP contribution is 2.12. The van der Waals surface area contributed by atoms with E-state index in [4.69, 9.17) is 5.73 Å². The van der Waals surface area contributed by atoms with E-state index in [1.54, 1.807) is 6.07 Å². The Hall–Kier alpha value is -1.83. The van der Waals surface area contributed by atoms with Crippen LogP contribution in [0, 0.1) is 12.8 Å². The second kappa shape index (κ2) is 11.9. The number of benzene rings is 1.